The van der Waals surface area contributed by atoms with Crippen molar-refractivity contribution in [3.8, 4) is 17.0 Å². The molecular formula is C29H29N3O2. The third-order valence-electron chi connectivity index (χ3n) is 6.33. The molecule has 1 aliphatic heterocycles. The molecule has 5 rings (SSSR count). The number of rotatable bonds is 5. The van der Waals surface area contributed by atoms with Gasteiger partial charge in [0.15, 0.2) is 0 Å². The molecule has 1 saturated heterocycles. The number of aromatic nitrogens is 1. The Labute approximate surface area is 200 Å². The molecule has 0 bridgehead atoms. The average Bonchev–Trinajstić information content (AvgIpc) is 2.88. The minimum absolute atomic E-state index is 0.0604. The van der Waals surface area contributed by atoms with Gasteiger partial charge < -0.3 is 14.5 Å². The van der Waals surface area contributed by atoms with Gasteiger partial charge in [-0.1, -0.05) is 54.1 Å². The molecule has 3 aromatic carbocycles. The standard InChI is InChI=1S/C29H29N3O2/c1-3-34-28-14-7-6-13-27(28)31-15-17-32(18-16-31)29(33)24-20-26(22-10-8-9-21(2)19-22)30-25-12-5-4-11-23(24)25/h4-14,19-20H,3,15-18H2,1-2H3. The molecule has 0 aliphatic carbocycles. The first-order valence-electron chi connectivity index (χ1n) is 11.9. The molecule has 5 heteroatoms. The first-order chi connectivity index (χ1) is 16.6. The van der Waals surface area contributed by atoms with Crippen molar-refractivity contribution in [2.24, 2.45) is 0 Å². The first kappa shape index (κ1) is 22.0. The molecule has 1 fully saturated rings. The maximum Gasteiger partial charge on any atom is 0.254 e. The Kier molecular flexibility index (Phi) is 6.17. The van der Waals surface area contributed by atoms with E-state index in [1.807, 2.05) is 72.5 Å². The fourth-order valence-corrected chi connectivity index (χ4v) is 4.62. The molecule has 5 nitrogen and oxygen atoms in total. The molecule has 172 valence electrons. The molecule has 34 heavy (non-hydrogen) atoms. The summed E-state index contributed by atoms with van der Waals surface area (Å²) in [6, 6.07) is 26.2. The van der Waals surface area contributed by atoms with E-state index in [0.717, 1.165) is 46.7 Å². The van der Waals surface area contributed by atoms with Crippen molar-refractivity contribution in [1.82, 2.24) is 9.88 Å². The number of benzene rings is 3. The molecular weight excluding hydrogens is 422 g/mol. The van der Waals surface area contributed by atoms with Gasteiger partial charge in [-0.25, -0.2) is 4.98 Å². The second-order valence-corrected chi connectivity index (χ2v) is 8.62. The normalized spacial score (nSPS) is 13.8. The van der Waals surface area contributed by atoms with Gasteiger partial charge in [-0.15, -0.1) is 0 Å². The third-order valence-corrected chi connectivity index (χ3v) is 6.33. The highest BCUT2D eigenvalue weighted by atomic mass is 16.5. The van der Waals surface area contributed by atoms with Crippen molar-refractivity contribution in [3.63, 3.8) is 0 Å². The molecule has 0 unspecified atom stereocenters. The molecule has 1 aromatic heterocycles. The van der Waals surface area contributed by atoms with Crippen LogP contribution in [0.1, 0.15) is 22.8 Å². The Hall–Kier alpha value is -3.86. The molecule has 0 N–H and O–H groups in total. The summed E-state index contributed by atoms with van der Waals surface area (Å²) in [6.45, 7) is 7.56. The van der Waals surface area contributed by atoms with Crippen LogP contribution in [-0.2, 0) is 0 Å². The minimum Gasteiger partial charge on any atom is -0.492 e. The van der Waals surface area contributed by atoms with Crippen LogP contribution in [0.15, 0.2) is 78.9 Å². The van der Waals surface area contributed by atoms with E-state index in [9.17, 15) is 4.79 Å². The maximum atomic E-state index is 13.7. The van der Waals surface area contributed by atoms with E-state index in [1.165, 1.54) is 5.56 Å². The quantitative estimate of drug-likeness (QED) is 0.398. The van der Waals surface area contributed by atoms with Gasteiger partial charge in [0.05, 0.1) is 29.1 Å². The molecule has 4 aromatic rings. The number of pyridine rings is 1. The van der Waals surface area contributed by atoms with Gasteiger partial charge in [-0.3, -0.25) is 4.79 Å². The summed E-state index contributed by atoms with van der Waals surface area (Å²) >= 11 is 0. The summed E-state index contributed by atoms with van der Waals surface area (Å²) in [5, 5.41) is 0.896. The van der Waals surface area contributed by atoms with Crippen LogP contribution in [0.3, 0.4) is 0 Å². The van der Waals surface area contributed by atoms with Gasteiger partial charge in [-0.05, 0) is 44.2 Å². The lowest BCUT2D eigenvalue weighted by atomic mass is 10.0. The van der Waals surface area contributed by atoms with Crippen LogP contribution in [-0.4, -0.2) is 48.6 Å². The summed E-state index contributed by atoms with van der Waals surface area (Å²) in [7, 11) is 0. The van der Waals surface area contributed by atoms with Gasteiger partial charge in [-0.2, -0.15) is 0 Å². The largest absolute Gasteiger partial charge is 0.492 e. The van der Waals surface area contributed by atoms with Crippen molar-refractivity contribution >= 4 is 22.5 Å². The number of hydrogen-bond donors (Lipinski definition) is 0. The highest BCUT2D eigenvalue weighted by Crippen LogP contribution is 2.30. The van der Waals surface area contributed by atoms with Crippen LogP contribution >= 0.6 is 0 Å². The Morgan fingerprint density at radius 1 is 0.912 bits per heavy atom. The van der Waals surface area contributed by atoms with Crippen LogP contribution in [0.5, 0.6) is 5.75 Å². The van der Waals surface area contributed by atoms with E-state index in [4.69, 9.17) is 9.72 Å². The zero-order chi connectivity index (χ0) is 23.5. The van der Waals surface area contributed by atoms with Crippen molar-refractivity contribution in [1.29, 1.82) is 0 Å². The summed E-state index contributed by atoms with van der Waals surface area (Å²) in [5.74, 6) is 0.956. The van der Waals surface area contributed by atoms with Crippen molar-refractivity contribution in [2.75, 3.05) is 37.7 Å². The summed E-state index contributed by atoms with van der Waals surface area (Å²) < 4.78 is 5.82. The number of nitrogens with zero attached hydrogens (tertiary/aromatic N) is 3. The summed E-state index contributed by atoms with van der Waals surface area (Å²) in [6.07, 6.45) is 0. The molecule has 2 heterocycles. The highest BCUT2D eigenvalue weighted by molar-refractivity contribution is 6.07. The smallest absolute Gasteiger partial charge is 0.254 e. The van der Waals surface area contributed by atoms with Gasteiger partial charge in [0.1, 0.15) is 5.75 Å². The number of carbonyl (C=O) groups is 1. The molecule has 1 aliphatic rings. The Bertz CT molecular complexity index is 1330. The molecule has 0 atom stereocenters. The number of fused-ring (bicyclic) bond motifs is 1. The number of para-hydroxylation sites is 3. The minimum atomic E-state index is 0.0604. The molecule has 0 radical (unpaired) electrons. The lowest BCUT2D eigenvalue weighted by Crippen LogP contribution is -2.49. The zero-order valence-corrected chi connectivity index (χ0v) is 19.7. The number of amides is 1. The monoisotopic (exact) mass is 451 g/mol. The first-order valence-corrected chi connectivity index (χ1v) is 11.9. The third kappa shape index (κ3) is 4.34. The number of aryl methyl sites for hydroxylation is 1. The predicted molar refractivity (Wildman–Crippen MR) is 138 cm³/mol. The Balaban J connectivity index is 1.42. The van der Waals surface area contributed by atoms with Gasteiger partial charge >= 0.3 is 0 Å². The SMILES string of the molecule is CCOc1ccccc1N1CCN(C(=O)c2cc(-c3cccc(C)c3)nc3ccccc23)CC1. The van der Waals surface area contributed by atoms with Crippen LogP contribution in [0.4, 0.5) is 5.69 Å². The van der Waals surface area contributed by atoms with E-state index in [0.29, 0.717) is 25.3 Å². The van der Waals surface area contributed by atoms with Crippen LogP contribution in [0.2, 0.25) is 0 Å². The fraction of sp³-hybridized carbons (Fsp3) is 0.241. The van der Waals surface area contributed by atoms with Gasteiger partial charge in [0.2, 0.25) is 0 Å². The summed E-state index contributed by atoms with van der Waals surface area (Å²) in [4.78, 5) is 22.9. The van der Waals surface area contributed by atoms with Crippen LogP contribution < -0.4 is 9.64 Å². The topological polar surface area (TPSA) is 45.7 Å². The number of piperazine rings is 1. The number of hydrogen-bond acceptors (Lipinski definition) is 4. The van der Waals surface area contributed by atoms with Crippen LogP contribution in [0.25, 0.3) is 22.2 Å². The Morgan fingerprint density at radius 3 is 2.47 bits per heavy atom. The average molecular weight is 452 g/mol. The van der Waals surface area contributed by atoms with Crippen molar-refractivity contribution in [3.05, 3.63) is 90.0 Å². The van der Waals surface area contributed by atoms with E-state index in [2.05, 4.69) is 30.0 Å². The lowest BCUT2D eigenvalue weighted by molar-refractivity contribution is 0.0748. The highest BCUT2D eigenvalue weighted by Gasteiger charge is 2.25. The number of anilines is 1. The van der Waals surface area contributed by atoms with Gasteiger partial charge in [0, 0.05) is 37.1 Å². The van der Waals surface area contributed by atoms with E-state index >= 15 is 0 Å². The van der Waals surface area contributed by atoms with Crippen LogP contribution in [0, 0.1) is 6.92 Å². The van der Waals surface area contributed by atoms with Crippen molar-refractivity contribution < 1.29 is 9.53 Å². The summed E-state index contributed by atoms with van der Waals surface area (Å²) in [5.41, 5.74) is 5.67. The number of carbonyl (C=O) groups excluding carboxylic acids is 1. The molecule has 0 saturated carbocycles. The van der Waals surface area contributed by atoms with E-state index in [-0.39, 0.29) is 5.91 Å². The van der Waals surface area contributed by atoms with Gasteiger partial charge in [0.25, 0.3) is 5.91 Å². The molecule has 0 spiro atoms. The molecule has 1 amide bonds. The van der Waals surface area contributed by atoms with E-state index < -0.39 is 0 Å². The Morgan fingerprint density at radius 2 is 1.68 bits per heavy atom. The van der Waals surface area contributed by atoms with Crippen molar-refractivity contribution in [2.45, 2.75) is 13.8 Å². The zero-order valence-electron chi connectivity index (χ0n) is 19.7. The lowest BCUT2D eigenvalue weighted by Gasteiger charge is -2.37. The van der Waals surface area contributed by atoms with E-state index in [1.54, 1.807) is 0 Å². The fourth-order valence-electron chi connectivity index (χ4n) is 4.62. The maximum absolute atomic E-state index is 13.7. The predicted octanol–water partition coefficient (Wildman–Crippen LogP) is 5.57. The second kappa shape index (κ2) is 9.56. The second-order valence-electron chi connectivity index (χ2n) is 8.62. The number of ether oxygens (including phenoxy) is 1.